The Morgan fingerprint density at radius 2 is 1.81 bits per heavy atom. The molecule has 0 unspecified atom stereocenters. The van der Waals surface area contributed by atoms with Crippen LogP contribution in [0.2, 0.25) is 0 Å². The van der Waals surface area contributed by atoms with Gasteiger partial charge in [-0.25, -0.2) is 4.79 Å². The van der Waals surface area contributed by atoms with Crippen LogP contribution in [-0.2, 0) is 9.59 Å². The van der Waals surface area contributed by atoms with Gasteiger partial charge in [0.2, 0.25) is 0 Å². The van der Waals surface area contributed by atoms with Gasteiger partial charge in [0.1, 0.15) is 11.3 Å². The van der Waals surface area contributed by atoms with E-state index in [1.54, 1.807) is 31.4 Å². The lowest BCUT2D eigenvalue weighted by Crippen LogP contribution is -2.08. The van der Waals surface area contributed by atoms with Crippen molar-refractivity contribution in [1.82, 2.24) is 0 Å². The molecule has 16 heavy (non-hydrogen) atoms. The Labute approximate surface area is 93.2 Å². The number of Topliss-reactive ketones (excluding diaryl/α,β-unsaturated/α-hetero) is 1. The number of carboxylic acid groups (broad SMARTS) is 1. The molecular weight excluding hydrogens is 208 g/mol. The van der Waals surface area contributed by atoms with E-state index in [2.05, 4.69) is 0 Å². The van der Waals surface area contributed by atoms with E-state index in [9.17, 15) is 9.59 Å². The van der Waals surface area contributed by atoms with E-state index in [0.29, 0.717) is 11.3 Å². The third-order valence-electron chi connectivity index (χ3n) is 2.04. The predicted octanol–water partition coefficient (Wildman–Crippen LogP) is 1.75. The second kappa shape index (κ2) is 5.11. The number of carbonyl (C=O) groups excluding carboxylic acids is 1. The standard InChI is InChI=1S/C12H12O4/c1-8(13)11(12(14)15)7-9-3-5-10(16-2)6-4-9/h3-7H,1-2H3,(H,14,15)/b11-7-. The number of methoxy groups -OCH3 is 1. The lowest BCUT2D eigenvalue weighted by Gasteiger charge is -2.00. The van der Waals surface area contributed by atoms with Crippen molar-refractivity contribution >= 4 is 17.8 Å². The van der Waals surface area contributed by atoms with Gasteiger partial charge in [-0.15, -0.1) is 0 Å². The summed E-state index contributed by atoms with van der Waals surface area (Å²) < 4.78 is 4.97. The van der Waals surface area contributed by atoms with E-state index in [-0.39, 0.29) is 5.57 Å². The molecule has 0 bridgehead atoms. The molecule has 0 aliphatic heterocycles. The number of hydrogen-bond donors (Lipinski definition) is 1. The number of ketones is 1. The molecule has 0 radical (unpaired) electrons. The van der Waals surface area contributed by atoms with Crippen molar-refractivity contribution in [3.63, 3.8) is 0 Å². The SMILES string of the molecule is COc1ccc(/C=C(/C(C)=O)C(=O)O)cc1. The third kappa shape index (κ3) is 2.95. The summed E-state index contributed by atoms with van der Waals surface area (Å²) in [7, 11) is 1.54. The van der Waals surface area contributed by atoms with Crippen LogP contribution in [0.15, 0.2) is 29.8 Å². The molecule has 0 aromatic heterocycles. The average molecular weight is 220 g/mol. The van der Waals surface area contributed by atoms with Crippen molar-refractivity contribution in [2.24, 2.45) is 0 Å². The third-order valence-corrected chi connectivity index (χ3v) is 2.04. The van der Waals surface area contributed by atoms with Crippen molar-refractivity contribution in [3.05, 3.63) is 35.4 Å². The summed E-state index contributed by atoms with van der Waals surface area (Å²) in [5.41, 5.74) is 0.415. The topological polar surface area (TPSA) is 63.6 Å². The van der Waals surface area contributed by atoms with Gasteiger partial charge in [0, 0.05) is 0 Å². The Kier molecular flexibility index (Phi) is 3.83. The van der Waals surface area contributed by atoms with Crippen LogP contribution in [0.5, 0.6) is 5.75 Å². The maximum absolute atomic E-state index is 11.0. The number of rotatable bonds is 4. The van der Waals surface area contributed by atoms with E-state index >= 15 is 0 Å². The molecule has 4 heteroatoms. The normalized spacial score (nSPS) is 11.0. The minimum Gasteiger partial charge on any atom is -0.497 e. The van der Waals surface area contributed by atoms with Crippen molar-refractivity contribution in [3.8, 4) is 5.75 Å². The Morgan fingerprint density at radius 3 is 2.19 bits per heavy atom. The first kappa shape index (κ1) is 12.0. The van der Waals surface area contributed by atoms with Crippen LogP contribution in [0.25, 0.3) is 6.08 Å². The molecular formula is C12H12O4. The first-order chi connectivity index (χ1) is 7.54. The van der Waals surface area contributed by atoms with E-state index in [1.807, 2.05) is 0 Å². The molecule has 0 spiro atoms. The van der Waals surface area contributed by atoms with Crippen molar-refractivity contribution < 1.29 is 19.4 Å². The van der Waals surface area contributed by atoms with Crippen molar-refractivity contribution in [2.45, 2.75) is 6.92 Å². The minimum atomic E-state index is -1.22. The highest BCUT2D eigenvalue weighted by molar-refractivity contribution is 6.19. The van der Waals surface area contributed by atoms with Gasteiger partial charge in [-0.1, -0.05) is 12.1 Å². The molecule has 1 N–H and O–H groups in total. The van der Waals surface area contributed by atoms with Crippen LogP contribution >= 0.6 is 0 Å². The molecule has 0 fully saturated rings. The predicted molar refractivity (Wildman–Crippen MR) is 59.3 cm³/mol. The van der Waals surface area contributed by atoms with Crippen molar-refractivity contribution in [1.29, 1.82) is 0 Å². The van der Waals surface area contributed by atoms with Gasteiger partial charge in [0.15, 0.2) is 5.78 Å². The van der Waals surface area contributed by atoms with Gasteiger partial charge in [0.05, 0.1) is 7.11 Å². The maximum atomic E-state index is 11.0. The van der Waals surface area contributed by atoms with Gasteiger partial charge < -0.3 is 9.84 Å². The molecule has 0 heterocycles. The minimum absolute atomic E-state index is 0.231. The molecule has 0 saturated heterocycles. The number of benzene rings is 1. The second-order valence-corrected chi connectivity index (χ2v) is 3.19. The zero-order valence-corrected chi connectivity index (χ0v) is 9.06. The molecule has 0 saturated carbocycles. The maximum Gasteiger partial charge on any atom is 0.339 e. The average Bonchev–Trinajstić information content (AvgIpc) is 2.25. The molecule has 0 aliphatic rings. The van der Waals surface area contributed by atoms with Gasteiger partial charge in [0.25, 0.3) is 0 Å². The fourth-order valence-corrected chi connectivity index (χ4v) is 1.18. The summed E-state index contributed by atoms with van der Waals surface area (Å²) >= 11 is 0. The zero-order valence-electron chi connectivity index (χ0n) is 9.06. The second-order valence-electron chi connectivity index (χ2n) is 3.19. The summed E-state index contributed by atoms with van der Waals surface area (Å²) in [5, 5.41) is 8.79. The highest BCUT2D eigenvalue weighted by Gasteiger charge is 2.12. The van der Waals surface area contributed by atoms with Gasteiger partial charge in [-0.3, -0.25) is 4.79 Å². The van der Waals surface area contributed by atoms with E-state index < -0.39 is 11.8 Å². The van der Waals surface area contributed by atoms with Gasteiger partial charge in [-0.05, 0) is 30.7 Å². The lowest BCUT2D eigenvalue weighted by atomic mass is 10.1. The van der Waals surface area contributed by atoms with Crippen LogP contribution in [0.3, 0.4) is 0 Å². The first-order valence-corrected chi connectivity index (χ1v) is 4.64. The largest absolute Gasteiger partial charge is 0.497 e. The number of carboxylic acids is 1. The van der Waals surface area contributed by atoms with E-state index in [0.717, 1.165) is 0 Å². The van der Waals surface area contributed by atoms with Crippen LogP contribution in [-0.4, -0.2) is 24.0 Å². The fraction of sp³-hybridized carbons (Fsp3) is 0.167. The summed E-state index contributed by atoms with van der Waals surface area (Å²) in [6.07, 6.45) is 1.34. The number of ether oxygens (including phenoxy) is 1. The Hall–Kier alpha value is -2.10. The van der Waals surface area contributed by atoms with Crippen LogP contribution in [0.4, 0.5) is 0 Å². The summed E-state index contributed by atoms with van der Waals surface area (Å²) in [5.74, 6) is -1.01. The summed E-state index contributed by atoms with van der Waals surface area (Å²) in [6, 6.07) is 6.77. The van der Waals surface area contributed by atoms with E-state index in [1.165, 1.54) is 13.0 Å². The number of hydrogen-bond acceptors (Lipinski definition) is 3. The quantitative estimate of drug-likeness (QED) is 0.477. The van der Waals surface area contributed by atoms with Crippen LogP contribution in [0.1, 0.15) is 12.5 Å². The van der Waals surface area contributed by atoms with Gasteiger partial charge >= 0.3 is 5.97 Å². The molecule has 1 aromatic carbocycles. The molecule has 84 valence electrons. The highest BCUT2D eigenvalue weighted by Crippen LogP contribution is 2.14. The Balaban J connectivity index is 3.04. The lowest BCUT2D eigenvalue weighted by molar-refractivity contribution is -0.134. The molecule has 0 aliphatic carbocycles. The van der Waals surface area contributed by atoms with Crippen LogP contribution in [0, 0.1) is 0 Å². The smallest absolute Gasteiger partial charge is 0.339 e. The highest BCUT2D eigenvalue weighted by atomic mass is 16.5. The van der Waals surface area contributed by atoms with Crippen molar-refractivity contribution in [2.75, 3.05) is 7.11 Å². The zero-order chi connectivity index (χ0) is 12.1. The Morgan fingerprint density at radius 1 is 1.25 bits per heavy atom. The molecule has 0 atom stereocenters. The fourth-order valence-electron chi connectivity index (χ4n) is 1.18. The molecule has 1 aromatic rings. The van der Waals surface area contributed by atoms with E-state index in [4.69, 9.17) is 9.84 Å². The molecule has 1 rings (SSSR count). The first-order valence-electron chi connectivity index (χ1n) is 4.64. The number of carbonyl (C=O) groups is 2. The van der Waals surface area contributed by atoms with Crippen LogP contribution < -0.4 is 4.74 Å². The monoisotopic (exact) mass is 220 g/mol. The molecule has 4 nitrogen and oxygen atoms in total. The number of aliphatic carboxylic acids is 1. The molecule has 0 amide bonds. The summed E-state index contributed by atoms with van der Waals surface area (Å²) in [4.78, 5) is 21.8. The summed E-state index contributed by atoms with van der Waals surface area (Å²) in [6.45, 7) is 1.23. The Bertz CT molecular complexity index is 413. The van der Waals surface area contributed by atoms with Gasteiger partial charge in [-0.2, -0.15) is 0 Å².